The van der Waals surface area contributed by atoms with E-state index in [1.807, 2.05) is 25.4 Å². The number of hydrogen-bond donors (Lipinski definition) is 1. The average molecular weight is 313 g/mol. The van der Waals surface area contributed by atoms with Crippen molar-refractivity contribution in [3.8, 4) is 0 Å². The van der Waals surface area contributed by atoms with Crippen molar-refractivity contribution < 1.29 is 4.74 Å². The molecule has 2 aromatic heterocycles. The lowest BCUT2D eigenvalue weighted by molar-refractivity contribution is 0.0834. The van der Waals surface area contributed by atoms with Crippen LogP contribution in [0.25, 0.3) is 0 Å². The maximum Gasteiger partial charge on any atom is 0.153 e. The number of aromatic nitrogens is 4. The number of rotatable bonds is 4. The van der Waals surface area contributed by atoms with Gasteiger partial charge in [-0.15, -0.1) is 0 Å². The summed E-state index contributed by atoms with van der Waals surface area (Å²) in [5.74, 6) is 3.02. The molecule has 0 radical (unpaired) electrons. The van der Waals surface area contributed by atoms with Crippen molar-refractivity contribution >= 4 is 0 Å². The predicted octanol–water partition coefficient (Wildman–Crippen LogP) is 1.59. The van der Waals surface area contributed by atoms with Crippen LogP contribution in [-0.4, -0.2) is 50.9 Å². The number of likely N-dealkylation sites (tertiary alicyclic amines) is 1. The molecule has 0 aliphatic carbocycles. The van der Waals surface area contributed by atoms with Gasteiger partial charge in [0.2, 0.25) is 0 Å². The molecular formula is C17H23N5O. The molecule has 4 heterocycles. The number of piperidine rings is 1. The largest absolute Gasteiger partial charge is 0.377 e. The molecule has 6 heteroatoms. The van der Waals surface area contributed by atoms with Crippen LogP contribution in [0.5, 0.6) is 0 Å². The van der Waals surface area contributed by atoms with Crippen LogP contribution in [0.4, 0.5) is 0 Å². The van der Waals surface area contributed by atoms with E-state index in [2.05, 4.69) is 31.1 Å². The standard InChI is InChI=1S/C17H23N5O/c1-12-19-17(21-20-12)7-16-15-4-6-22(10-14(15)11-23-16)9-13-3-2-5-18-8-13/h2-3,5,8,14-16H,4,6-7,9-11H2,1H3,(H,19,20,21)/t14-,15-,16+/m1/s1. The topological polar surface area (TPSA) is 66.9 Å². The summed E-state index contributed by atoms with van der Waals surface area (Å²) in [6, 6.07) is 4.16. The molecule has 0 amide bonds. The highest BCUT2D eigenvalue weighted by atomic mass is 16.5. The molecule has 4 rings (SSSR count). The number of aryl methyl sites for hydroxylation is 1. The van der Waals surface area contributed by atoms with Gasteiger partial charge in [-0.05, 0) is 37.4 Å². The SMILES string of the molecule is Cc1nc(C[C@@H]2OC[C@H]3CN(Cc4cccnc4)CC[C@H]32)n[nH]1. The number of hydrogen-bond acceptors (Lipinski definition) is 5. The third-order valence-corrected chi connectivity index (χ3v) is 5.04. The van der Waals surface area contributed by atoms with Gasteiger partial charge in [0.15, 0.2) is 5.82 Å². The average Bonchev–Trinajstić information content (AvgIpc) is 3.15. The van der Waals surface area contributed by atoms with Crippen LogP contribution in [0.2, 0.25) is 0 Å². The molecule has 2 saturated heterocycles. The monoisotopic (exact) mass is 313 g/mol. The Kier molecular flexibility index (Phi) is 4.10. The van der Waals surface area contributed by atoms with Gasteiger partial charge < -0.3 is 4.74 Å². The van der Waals surface area contributed by atoms with Gasteiger partial charge >= 0.3 is 0 Å². The minimum Gasteiger partial charge on any atom is -0.377 e. The van der Waals surface area contributed by atoms with Crippen molar-refractivity contribution in [2.75, 3.05) is 19.7 Å². The van der Waals surface area contributed by atoms with Crippen LogP contribution < -0.4 is 0 Å². The minimum absolute atomic E-state index is 0.274. The van der Waals surface area contributed by atoms with Crippen LogP contribution in [0.3, 0.4) is 0 Å². The Hall–Kier alpha value is -1.79. The van der Waals surface area contributed by atoms with Gasteiger partial charge in [0, 0.05) is 37.8 Å². The third-order valence-electron chi connectivity index (χ3n) is 5.04. The van der Waals surface area contributed by atoms with E-state index in [1.54, 1.807) is 0 Å². The zero-order chi connectivity index (χ0) is 15.6. The van der Waals surface area contributed by atoms with Gasteiger partial charge in [-0.25, -0.2) is 4.98 Å². The fourth-order valence-electron chi connectivity index (χ4n) is 3.93. The summed E-state index contributed by atoms with van der Waals surface area (Å²) in [7, 11) is 0. The smallest absolute Gasteiger partial charge is 0.153 e. The first-order valence-corrected chi connectivity index (χ1v) is 8.38. The lowest BCUT2D eigenvalue weighted by atomic mass is 9.83. The zero-order valence-electron chi connectivity index (χ0n) is 13.5. The van der Waals surface area contributed by atoms with Gasteiger partial charge in [-0.3, -0.25) is 15.0 Å². The van der Waals surface area contributed by atoms with E-state index >= 15 is 0 Å². The van der Waals surface area contributed by atoms with Crippen LogP contribution in [0, 0.1) is 18.8 Å². The summed E-state index contributed by atoms with van der Waals surface area (Å²) < 4.78 is 6.08. The molecule has 23 heavy (non-hydrogen) atoms. The summed E-state index contributed by atoms with van der Waals surface area (Å²) in [6.45, 7) is 6.03. The molecule has 0 saturated carbocycles. The van der Waals surface area contributed by atoms with E-state index in [4.69, 9.17) is 4.74 Å². The van der Waals surface area contributed by atoms with Crippen molar-refractivity contribution in [3.63, 3.8) is 0 Å². The fourth-order valence-corrected chi connectivity index (χ4v) is 3.93. The number of nitrogens with zero attached hydrogens (tertiary/aromatic N) is 4. The highest BCUT2D eigenvalue weighted by molar-refractivity contribution is 5.08. The van der Waals surface area contributed by atoms with Crippen molar-refractivity contribution in [1.82, 2.24) is 25.1 Å². The molecule has 0 bridgehead atoms. The van der Waals surface area contributed by atoms with Crippen molar-refractivity contribution in [3.05, 3.63) is 41.7 Å². The molecule has 0 aromatic carbocycles. The third kappa shape index (κ3) is 3.28. The van der Waals surface area contributed by atoms with E-state index in [0.717, 1.165) is 44.3 Å². The molecule has 6 nitrogen and oxygen atoms in total. The summed E-state index contributed by atoms with van der Waals surface area (Å²) in [5, 5.41) is 7.17. The van der Waals surface area contributed by atoms with Crippen LogP contribution >= 0.6 is 0 Å². The number of ether oxygens (including phenoxy) is 1. The predicted molar refractivity (Wildman–Crippen MR) is 85.7 cm³/mol. The first-order chi connectivity index (χ1) is 11.3. The van der Waals surface area contributed by atoms with E-state index in [9.17, 15) is 0 Å². The molecule has 2 aromatic rings. The van der Waals surface area contributed by atoms with E-state index in [-0.39, 0.29) is 6.10 Å². The number of pyridine rings is 1. The number of nitrogens with one attached hydrogen (secondary N) is 1. The van der Waals surface area contributed by atoms with Gasteiger partial charge in [0.25, 0.3) is 0 Å². The Bertz CT molecular complexity index is 643. The Morgan fingerprint density at radius 3 is 3.17 bits per heavy atom. The Balaban J connectivity index is 1.35. The van der Waals surface area contributed by atoms with Gasteiger partial charge in [-0.2, -0.15) is 5.10 Å². The van der Waals surface area contributed by atoms with Gasteiger partial charge in [0.1, 0.15) is 5.82 Å². The Labute approximate surface area is 136 Å². The van der Waals surface area contributed by atoms with Gasteiger partial charge in [0.05, 0.1) is 12.7 Å². The number of aromatic amines is 1. The lowest BCUT2D eigenvalue weighted by Crippen LogP contribution is -2.41. The maximum absolute atomic E-state index is 6.08. The molecule has 3 atom stereocenters. The number of fused-ring (bicyclic) bond motifs is 1. The maximum atomic E-state index is 6.08. The molecule has 2 fully saturated rings. The first-order valence-electron chi connectivity index (χ1n) is 8.38. The van der Waals surface area contributed by atoms with E-state index in [0.29, 0.717) is 11.8 Å². The van der Waals surface area contributed by atoms with Crippen molar-refractivity contribution in [2.24, 2.45) is 11.8 Å². The fraction of sp³-hybridized carbons (Fsp3) is 0.588. The molecule has 2 aliphatic rings. The summed E-state index contributed by atoms with van der Waals surface area (Å²) in [4.78, 5) is 11.2. The molecule has 122 valence electrons. The second-order valence-electron chi connectivity index (χ2n) is 6.72. The number of H-pyrrole nitrogens is 1. The summed E-state index contributed by atoms with van der Waals surface area (Å²) in [6.07, 6.45) is 6.09. The van der Waals surface area contributed by atoms with Crippen LogP contribution in [0.1, 0.15) is 23.6 Å². The molecule has 2 aliphatic heterocycles. The molecule has 0 unspecified atom stereocenters. The van der Waals surface area contributed by atoms with Crippen LogP contribution in [-0.2, 0) is 17.7 Å². The highest BCUT2D eigenvalue weighted by Gasteiger charge is 2.41. The summed E-state index contributed by atoms with van der Waals surface area (Å²) >= 11 is 0. The van der Waals surface area contributed by atoms with Crippen molar-refractivity contribution in [1.29, 1.82) is 0 Å². The van der Waals surface area contributed by atoms with Crippen LogP contribution in [0.15, 0.2) is 24.5 Å². The minimum atomic E-state index is 0.274. The Morgan fingerprint density at radius 2 is 2.39 bits per heavy atom. The second kappa shape index (κ2) is 6.37. The van der Waals surface area contributed by atoms with Crippen molar-refractivity contribution in [2.45, 2.75) is 32.4 Å². The summed E-state index contributed by atoms with van der Waals surface area (Å²) in [5.41, 5.74) is 1.29. The normalized spacial score (nSPS) is 28.0. The Morgan fingerprint density at radius 1 is 1.43 bits per heavy atom. The molecule has 0 spiro atoms. The van der Waals surface area contributed by atoms with E-state index in [1.165, 1.54) is 12.0 Å². The lowest BCUT2D eigenvalue weighted by Gasteiger charge is -2.35. The molecular weight excluding hydrogens is 290 g/mol. The highest BCUT2D eigenvalue weighted by Crippen LogP contribution is 2.35. The first kappa shape index (κ1) is 14.8. The quantitative estimate of drug-likeness (QED) is 0.928. The molecule has 1 N–H and O–H groups in total. The van der Waals surface area contributed by atoms with Gasteiger partial charge in [-0.1, -0.05) is 6.07 Å². The second-order valence-corrected chi connectivity index (χ2v) is 6.72. The van der Waals surface area contributed by atoms with E-state index < -0.39 is 0 Å². The zero-order valence-corrected chi connectivity index (χ0v) is 13.5.